The first-order valence-electron chi connectivity index (χ1n) is 6.47. The van der Waals surface area contributed by atoms with Gasteiger partial charge in [-0.05, 0) is 36.8 Å². The van der Waals surface area contributed by atoms with Gasteiger partial charge in [-0.15, -0.1) is 0 Å². The lowest BCUT2D eigenvalue weighted by Crippen LogP contribution is -2.22. The highest BCUT2D eigenvalue weighted by Gasteiger charge is 2.36. The van der Waals surface area contributed by atoms with Gasteiger partial charge < -0.3 is 15.8 Å². The predicted octanol–water partition coefficient (Wildman–Crippen LogP) is 1.41. The molecule has 1 aromatic heterocycles. The van der Waals surface area contributed by atoms with E-state index >= 15 is 0 Å². The third-order valence-electron chi connectivity index (χ3n) is 4.20. The van der Waals surface area contributed by atoms with Gasteiger partial charge in [0.05, 0.1) is 0 Å². The maximum Gasteiger partial charge on any atom is 0.171 e. The molecule has 2 fully saturated rings. The number of rotatable bonds is 2. The van der Waals surface area contributed by atoms with E-state index in [1.807, 2.05) is 12.1 Å². The van der Waals surface area contributed by atoms with Crippen LogP contribution in [0.25, 0.3) is 0 Å². The Morgan fingerprint density at radius 1 is 1.33 bits per heavy atom. The molecule has 1 aromatic rings. The molecule has 1 saturated heterocycles. The number of pyridine rings is 1. The Balaban J connectivity index is 1.74. The van der Waals surface area contributed by atoms with Crippen LogP contribution in [0, 0.1) is 11.8 Å². The number of hydrogen-bond acceptors (Lipinski definition) is 4. The SMILES string of the molecule is N/C(=N/O)c1ccc(N2CC3CCCC3C2)nc1. The highest BCUT2D eigenvalue weighted by molar-refractivity contribution is 5.96. The third-order valence-corrected chi connectivity index (χ3v) is 4.20. The molecule has 0 bridgehead atoms. The summed E-state index contributed by atoms with van der Waals surface area (Å²) in [5.41, 5.74) is 6.17. The number of anilines is 1. The molecular weight excluding hydrogens is 228 g/mol. The fraction of sp³-hybridized carbons (Fsp3) is 0.538. The van der Waals surface area contributed by atoms with Crippen molar-refractivity contribution in [1.29, 1.82) is 0 Å². The molecule has 0 aromatic carbocycles. The largest absolute Gasteiger partial charge is 0.409 e. The van der Waals surface area contributed by atoms with Crippen LogP contribution >= 0.6 is 0 Å². The van der Waals surface area contributed by atoms with Gasteiger partial charge >= 0.3 is 0 Å². The predicted molar refractivity (Wildman–Crippen MR) is 69.8 cm³/mol. The van der Waals surface area contributed by atoms with E-state index in [1.54, 1.807) is 6.20 Å². The molecule has 18 heavy (non-hydrogen) atoms. The molecule has 1 aliphatic heterocycles. The Bertz CT molecular complexity index is 445. The maximum atomic E-state index is 8.60. The zero-order valence-corrected chi connectivity index (χ0v) is 10.3. The Labute approximate surface area is 106 Å². The van der Waals surface area contributed by atoms with Crippen molar-refractivity contribution in [3.05, 3.63) is 23.9 Å². The first-order valence-corrected chi connectivity index (χ1v) is 6.47. The molecule has 2 atom stereocenters. The highest BCUT2D eigenvalue weighted by atomic mass is 16.4. The second-order valence-corrected chi connectivity index (χ2v) is 5.25. The summed E-state index contributed by atoms with van der Waals surface area (Å²) in [4.78, 5) is 6.76. The van der Waals surface area contributed by atoms with Crippen molar-refractivity contribution in [3.8, 4) is 0 Å². The first-order chi connectivity index (χ1) is 8.78. The lowest BCUT2D eigenvalue weighted by Gasteiger charge is -2.18. The average molecular weight is 246 g/mol. The number of oxime groups is 1. The lowest BCUT2D eigenvalue weighted by atomic mass is 10.0. The van der Waals surface area contributed by atoms with Crippen LogP contribution in [-0.4, -0.2) is 29.1 Å². The molecule has 2 heterocycles. The van der Waals surface area contributed by atoms with E-state index in [1.165, 1.54) is 19.3 Å². The van der Waals surface area contributed by atoms with Crippen LogP contribution in [0.1, 0.15) is 24.8 Å². The molecule has 0 spiro atoms. The minimum Gasteiger partial charge on any atom is -0.409 e. The van der Waals surface area contributed by atoms with Gasteiger partial charge in [0.25, 0.3) is 0 Å². The molecule has 0 amide bonds. The fourth-order valence-corrected chi connectivity index (χ4v) is 3.20. The lowest BCUT2D eigenvalue weighted by molar-refractivity contribution is 0.318. The summed E-state index contributed by atoms with van der Waals surface area (Å²) >= 11 is 0. The van der Waals surface area contributed by atoms with Gasteiger partial charge in [-0.3, -0.25) is 0 Å². The summed E-state index contributed by atoms with van der Waals surface area (Å²) in [6.45, 7) is 2.25. The topological polar surface area (TPSA) is 74.7 Å². The van der Waals surface area contributed by atoms with E-state index in [0.29, 0.717) is 5.56 Å². The molecule has 2 unspecified atom stereocenters. The number of fused-ring (bicyclic) bond motifs is 1. The second kappa shape index (κ2) is 4.48. The quantitative estimate of drug-likeness (QED) is 0.358. The molecule has 0 radical (unpaired) electrons. The summed E-state index contributed by atoms with van der Waals surface area (Å²) in [6.07, 6.45) is 5.78. The van der Waals surface area contributed by atoms with Crippen LogP contribution in [0.5, 0.6) is 0 Å². The number of aromatic nitrogens is 1. The molecule has 3 N–H and O–H groups in total. The second-order valence-electron chi connectivity index (χ2n) is 5.25. The smallest absolute Gasteiger partial charge is 0.171 e. The van der Waals surface area contributed by atoms with Gasteiger partial charge in [-0.25, -0.2) is 4.98 Å². The fourth-order valence-electron chi connectivity index (χ4n) is 3.20. The van der Waals surface area contributed by atoms with Crippen LogP contribution < -0.4 is 10.6 Å². The number of nitrogens with two attached hydrogens (primary N) is 1. The minimum atomic E-state index is 0.104. The molecule has 3 rings (SSSR count). The van der Waals surface area contributed by atoms with Crippen LogP contribution in [0.15, 0.2) is 23.5 Å². The van der Waals surface area contributed by atoms with Crippen LogP contribution in [0.2, 0.25) is 0 Å². The van der Waals surface area contributed by atoms with E-state index in [0.717, 1.165) is 30.7 Å². The van der Waals surface area contributed by atoms with Gasteiger partial charge in [0, 0.05) is 24.8 Å². The molecule has 96 valence electrons. The van der Waals surface area contributed by atoms with E-state index in [-0.39, 0.29) is 5.84 Å². The molecule has 1 saturated carbocycles. The van der Waals surface area contributed by atoms with Gasteiger partial charge in [-0.2, -0.15) is 0 Å². The van der Waals surface area contributed by atoms with E-state index in [9.17, 15) is 0 Å². The van der Waals surface area contributed by atoms with Crippen LogP contribution in [-0.2, 0) is 0 Å². The Kier molecular flexibility index (Phi) is 2.81. The molecule has 2 aliphatic rings. The Hall–Kier alpha value is -1.78. The van der Waals surface area contributed by atoms with Crippen LogP contribution in [0.3, 0.4) is 0 Å². The van der Waals surface area contributed by atoms with Gasteiger partial charge in [-0.1, -0.05) is 11.6 Å². The zero-order chi connectivity index (χ0) is 12.5. The summed E-state index contributed by atoms with van der Waals surface area (Å²) in [6, 6.07) is 3.81. The van der Waals surface area contributed by atoms with Crippen molar-refractivity contribution in [1.82, 2.24) is 4.98 Å². The Morgan fingerprint density at radius 3 is 2.61 bits per heavy atom. The van der Waals surface area contributed by atoms with E-state index in [4.69, 9.17) is 10.9 Å². The van der Waals surface area contributed by atoms with Crippen molar-refractivity contribution in [2.24, 2.45) is 22.7 Å². The number of amidine groups is 1. The standard InChI is InChI=1S/C13H18N4O/c14-13(16-18)9-4-5-12(15-6-9)17-7-10-2-1-3-11(10)8-17/h4-6,10-11,18H,1-3,7-8H2,(H2,14,16). The van der Waals surface area contributed by atoms with Crippen molar-refractivity contribution < 1.29 is 5.21 Å². The average Bonchev–Trinajstić information content (AvgIpc) is 2.99. The Morgan fingerprint density at radius 2 is 2.06 bits per heavy atom. The highest BCUT2D eigenvalue weighted by Crippen LogP contribution is 2.38. The van der Waals surface area contributed by atoms with E-state index in [2.05, 4.69) is 15.0 Å². The van der Waals surface area contributed by atoms with Crippen molar-refractivity contribution in [2.75, 3.05) is 18.0 Å². The summed E-state index contributed by atoms with van der Waals surface area (Å²) in [5, 5.41) is 11.6. The van der Waals surface area contributed by atoms with Crippen LogP contribution in [0.4, 0.5) is 5.82 Å². The first kappa shape index (κ1) is 11.3. The number of nitrogens with zero attached hydrogens (tertiary/aromatic N) is 3. The monoisotopic (exact) mass is 246 g/mol. The van der Waals surface area contributed by atoms with Crippen molar-refractivity contribution >= 4 is 11.7 Å². The van der Waals surface area contributed by atoms with Gasteiger partial charge in [0.1, 0.15) is 5.82 Å². The van der Waals surface area contributed by atoms with E-state index < -0.39 is 0 Å². The third kappa shape index (κ3) is 1.89. The minimum absolute atomic E-state index is 0.104. The normalized spacial score (nSPS) is 27.6. The number of hydrogen-bond donors (Lipinski definition) is 2. The summed E-state index contributed by atoms with van der Waals surface area (Å²) in [5.74, 6) is 2.82. The molecular formula is C13H18N4O. The molecule has 1 aliphatic carbocycles. The maximum absolute atomic E-state index is 8.60. The summed E-state index contributed by atoms with van der Waals surface area (Å²) < 4.78 is 0. The molecule has 5 nitrogen and oxygen atoms in total. The van der Waals surface area contributed by atoms with Crippen molar-refractivity contribution in [2.45, 2.75) is 19.3 Å². The zero-order valence-electron chi connectivity index (χ0n) is 10.3. The van der Waals surface area contributed by atoms with Gasteiger partial charge in [0.2, 0.25) is 0 Å². The molecule has 5 heteroatoms. The van der Waals surface area contributed by atoms with Gasteiger partial charge in [0.15, 0.2) is 5.84 Å². The summed E-state index contributed by atoms with van der Waals surface area (Å²) in [7, 11) is 0. The van der Waals surface area contributed by atoms with Crippen molar-refractivity contribution in [3.63, 3.8) is 0 Å².